The quantitative estimate of drug-likeness (QED) is 0.749. The third-order valence-electron chi connectivity index (χ3n) is 4.11. The number of hydrogen-bond acceptors (Lipinski definition) is 2. The lowest BCUT2D eigenvalue weighted by Gasteiger charge is -2.25. The summed E-state index contributed by atoms with van der Waals surface area (Å²) in [5, 5.41) is 6.53. The van der Waals surface area contributed by atoms with Gasteiger partial charge in [-0.3, -0.25) is 4.79 Å². The van der Waals surface area contributed by atoms with Crippen LogP contribution < -0.4 is 10.6 Å². The van der Waals surface area contributed by atoms with Crippen LogP contribution in [0.5, 0.6) is 0 Å². The van der Waals surface area contributed by atoms with Crippen LogP contribution in [0.15, 0.2) is 0 Å². The maximum atomic E-state index is 12.0. The lowest BCUT2D eigenvalue weighted by Crippen LogP contribution is -2.49. The van der Waals surface area contributed by atoms with Gasteiger partial charge in [-0.25, -0.2) is 0 Å². The second kappa shape index (κ2) is 7.00. The third kappa shape index (κ3) is 4.66. The van der Waals surface area contributed by atoms with E-state index in [1.165, 1.54) is 12.8 Å². The van der Waals surface area contributed by atoms with Crippen molar-refractivity contribution in [1.29, 1.82) is 0 Å². The van der Waals surface area contributed by atoms with Crippen molar-refractivity contribution >= 4 is 5.91 Å². The van der Waals surface area contributed by atoms with Crippen LogP contribution >= 0.6 is 0 Å². The molecule has 1 saturated carbocycles. The maximum Gasteiger partial charge on any atom is 0.237 e. The topological polar surface area (TPSA) is 41.1 Å². The van der Waals surface area contributed by atoms with Crippen LogP contribution in [0.4, 0.5) is 0 Å². The van der Waals surface area contributed by atoms with Gasteiger partial charge >= 0.3 is 0 Å². The van der Waals surface area contributed by atoms with E-state index >= 15 is 0 Å². The van der Waals surface area contributed by atoms with E-state index in [0.717, 1.165) is 19.3 Å². The third-order valence-corrected chi connectivity index (χ3v) is 4.11. The maximum absolute atomic E-state index is 12.0. The molecule has 0 heterocycles. The van der Waals surface area contributed by atoms with Crippen LogP contribution in [-0.4, -0.2) is 24.0 Å². The van der Waals surface area contributed by atoms with Crippen molar-refractivity contribution in [3.05, 3.63) is 0 Å². The van der Waals surface area contributed by atoms with E-state index in [0.29, 0.717) is 18.0 Å². The highest BCUT2D eigenvalue weighted by molar-refractivity contribution is 5.81. The minimum absolute atomic E-state index is 0.0837. The summed E-state index contributed by atoms with van der Waals surface area (Å²) in [5.41, 5.74) is 0. The minimum Gasteiger partial charge on any atom is -0.352 e. The molecule has 3 atom stereocenters. The van der Waals surface area contributed by atoms with E-state index in [-0.39, 0.29) is 11.9 Å². The zero-order chi connectivity index (χ0) is 12.8. The predicted octanol–water partition coefficient (Wildman–Crippen LogP) is 2.46. The van der Waals surface area contributed by atoms with Crippen molar-refractivity contribution in [2.45, 2.75) is 77.9 Å². The van der Waals surface area contributed by atoms with Crippen LogP contribution in [-0.2, 0) is 4.79 Å². The number of rotatable bonds is 6. The molecule has 0 saturated heterocycles. The van der Waals surface area contributed by atoms with E-state index in [2.05, 4.69) is 31.4 Å². The van der Waals surface area contributed by atoms with Gasteiger partial charge in [-0.2, -0.15) is 0 Å². The first-order valence-corrected chi connectivity index (χ1v) is 7.11. The molecule has 1 aliphatic rings. The molecule has 0 aromatic heterocycles. The molecular formula is C14H28N2O. The Morgan fingerprint density at radius 3 is 2.35 bits per heavy atom. The first-order chi connectivity index (χ1) is 8.04. The van der Waals surface area contributed by atoms with Gasteiger partial charge in [0.1, 0.15) is 0 Å². The van der Waals surface area contributed by atoms with Crippen LogP contribution in [0.25, 0.3) is 0 Å². The molecule has 1 fully saturated rings. The van der Waals surface area contributed by atoms with E-state index in [9.17, 15) is 4.79 Å². The highest BCUT2D eigenvalue weighted by Gasteiger charge is 2.22. The van der Waals surface area contributed by atoms with Gasteiger partial charge < -0.3 is 10.6 Å². The number of carbonyl (C=O) groups is 1. The van der Waals surface area contributed by atoms with Crippen LogP contribution in [0.2, 0.25) is 0 Å². The smallest absolute Gasteiger partial charge is 0.237 e. The number of hydrogen-bond donors (Lipinski definition) is 2. The van der Waals surface area contributed by atoms with Gasteiger partial charge in [0.2, 0.25) is 5.91 Å². The fourth-order valence-corrected chi connectivity index (χ4v) is 2.38. The molecule has 0 spiro atoms. The van der Waals surface area contributed by atoms with Crippen molar-refractivity contribution < 1.29 is 4.79 Å². The summed E-state index contributed by atoms with van der Waals surface area (Å²) in [6.45, 7) is 8.53. The second-order valence-electron chi connectivity index (χ2n) is 5.55. The Labute approximate surface area is 106 Å². The van der Waals surface area contributed by atoms with E-state index < -0.39 is 0 Å². The zero-order valence-electron chi connectivity index (χ0n) is 11.8. The first-order valence-electron chi connectivity index (χ1n) is 7.11. The second-order valence-corrected chi connectivity index (χ2v) is 5.55. The molecule has 0 aromatic carbocycles. The minimum atomic E-state index is -0.0837. The van der Waals surface area contributed by atoms with E-state index in [1.807, 2.05) is 6.92 Å². The molecule has 3 unspecified atom stereocenters. The lowest BCUT2D eigenvalue weighted by atomic mass is 10.00. The normalized spacial score (nSPS) is 22.1. The van der Waals surface area contributed by atoms with Crippen LogP contribution in [0.1, 0.15) is 59.8 Å². The molecule has 0 aromatic rings. The summed E-state index contributed by atoms with van der Waals surface area (Å²) in [5.74, 6) is 0.767. The van der Waals surface area contributed by atoms with Crippen molar-refractivity contribution in [2.75, 3.05) is 0 Å². The Kier molecular flexibility index (Phi) is 5.96. The van der Waals surface area contributed by atoms with E-state index in [4.69, 9.17) is 0 Å². The average molecular weight is 240 g/mol. The molecule has 0 radical (unpaired) electrons. The summed E-state index contributed by atoms with van der Waals surface area (Å²) >= 11 is 0. The van der Waals surface area contributed by atoms with Crippen LogP contribution in [0, 0.1) is 5.92 Å². The Hall–Kier alpha value is -0.570. The molecule has 1 aliphatic carbocycles. The largest absolute Gasteiger partial charge is 0.352 e. The highest BCUT2D eigenvalue weighted by Crippen LogP contribution is 2.17. The van der Waals surface area contributed by atoms with Gasteiger partial charge in [0, 0.05) is 12.1 Å². The van der Waals surface area contributed by atoms with Gasteiger partial charge in [0.25, 0.3) is 0 Å². The molecule has 0 aliphatic heterocycles. The molecule has 17 heavy (non-hydrogen) atoms. The summed E-state index contributed by atoms with van der Waals surface area (Å²) in [6.07, 6.45) is 5.97. The molecule has 0 bridgehead atoms. The predicted molar refractivity (Wildman–Crippen MR) is 71.9 cm³/mol. The lowest BCUT2D eigenvalue weighted by molar-refractivity contribution is -0.123. The number of nitrogens with one attached hydrogen (secondary N) is 2. The molecular weight excluding hydrogens is 212 g/mol. The highest BCUT2D eigenvalue weighted by atomic mass is 16.2. The first kappa shape index (κ1) is 14.5. The Morgan fingerprint density at radius 2 is 1.82 bits per heavy atom. The molecule has 100 valence electrons. The Morgan fingerprint density at radius 1 is 1.24 bits per heavy atom. The van der Waals surface area contributed by atoms with Gasteiger partial charge in [-0.15, -0.1) is 0 Å². The SMILES string of the molecule is CCC(C)C(C)NC(C)C(=O)NC1CCCC1. The summed E-state index contributed by atoms with van der Waals surface area (Å²) < 4.78 is 0. The van der Waals surface area contributed by atoms with Crippen molar-refractivity contribution in [2.24, 2.45) is 5.92 Å². The molecule has 3 nitrogen and oxygen atoms in total. The monoisotopic (exact) mass is 240 g/mol. The number of carbonyl (C=O) groups excluding carboxylic acids is 1. The standard InChI is InChI=1S/C14H28N2O/c1-5-10(2)11(3)15-12(4)14(17)16-13-8-6-7-9-13/h10-13,15H,5-9H2,1-4H3,(H,16,17). The summed E-state index contributed by atoms with van der Waals surface area (Å²) in [4.78, 5) is 12.0. The van der Waals surface area contributed by atoms with Gasteiger partial charge in [-0.1, -0.05) is 33.1 Å². The van der Waals surface area contributed by atoms with Crippen molar-refractivity contribution in [3.63, 3.8) is 0 Å². The van der Waals surface area contributed by atoms with Gasteiger partial charge in [0.05, 0.1) is 6.04 Å². The summed E-state index contributed by atoms with van der Waals surface area (Å²) in [7, 11) is 0. The Balaban J connectivity index is 2.30. The van der Waals surface area contributed by atoms with Crippen molar-refractivity contribution in [3.8, 4) is 0 Å². The number of amides is 1. The van der Waals surface area contributed by atoms with Crippen molar-refractivity contribution in [1.82, 2.24) is 10.6 Å². The van der Waals surface area contributed by atoms with Gasteiger partial charge in [0.15, 0.2) is 0 Å². The fraction of sp³-hybridized carbons (Fsp3) is 0.929. The molecule has 1 amide bonds. The summed E-state index contributed by atoms with van der Waals surface area (Å²) in [6, 6.07) is 0.731. The molecule has 2 N–H and O–H groups in total. The Bertz CT molecular complexity index is 236. The average Bonchev–Trinajstić information content (AvgIpc) is 2.80. The molecule has 3 heteroatoms. The molecule has 1 rings (SSSR count). The zero-order valence-corrected chi connectivity index (χ0v) is 11.8. The van der Waals surface area contributed by atoms with Gasteiger partial charge in [-0.05, 0) is 32.6 Å². The fourth-order valence-electron chi connectivity index (χ4n) is 2.38. The van der Waals surface area contributed by atoms with Crippen LogP contribution in [0.3, 0.4) is 0 Å². The van der Waals surface area contributed by atoms with E-state index in [1.54, 1.807) is 0 Å².